The molecule has 1 fully saturated rings. The average molecular weight is 386 g/mol. The van der Waals surface area contributed by atoms with E-state index < -0.39 is 5.97 Å². The Hall–Kier alpha value is -2.87. The van der Waals surface area contributed by atoms with Gasteiger partial charge in [0.25, 0.3) is 5.91 Å². The second-order valence-electron chi connectivity index (χ2n) is 7.04. The van der Waals surface area contributed by atoms with Crippen LogP contribution in [0.4, 0.5) is 11.5 Å². The molecule has 8 nitrogen and oxygen atoms in total. The number of carbonyl (C=O) groups is 2. The van der Waals surface area contributed by atoms with Crippen LogP contribution in [0.2, 0.25) is 0 Å². The molecule has 1 aliphatic heterocycles. The van der Waals surface area contributed by atoms with Gasteiger partial charge < -0.3 is 24.7 Å². The molecular formula is C20H26N4O4. The van der Waals surface area contributed by atoms with Gasteiger partial charge in [-0.2, -0.15) is 0 Å². The minimum absolute atomic E-state index is 0.227. The lowest BCUT2D eigenvalue weighted by Gasteiger charge is -2.27. The third kappa shape index (κ3) is 4.33. The molecule has 0 unspecified atom stereocenters. The number of pyridine rings is 1. The predicted molar refractivity (Wildman–Crippen MR) is 106 cm³/mol. The number of aromatic amines is 1. The number of H-pyrrole nitrogens is 1. The van der Waals surface area contributed by atoms with Gasteiger partial charge in [-0.05, 0) is 45.4 Å². The van der Waals surface area contributed by atoms with Gasteiger partial charge in [-0.1, -0.05) is 0 Å². The van der Waals surface area contributed by atoms with Gasteiger partial charge in [-0.3, -0.25) is 4.79 Å². The summed E-state index contributed by atoms with van der Waals surface area (Å²) in [6.07, 6.45) is 1.40. The summed E-state index contributed by atoms with van der Waals surface area (Å²) >= 11 is 0. The summed E-state index contributed by atoms with van der Waals surface area (Å²) in [5.74, 6) is 0.0915. The van der Waals surface area contributed by atoms with Crippen molar-refractivity contribution in [1.82, 2.24) is 9.97 Å². The normalized spacial score (nSPS) is 14.2. The van der Waals surface area contributed by atoms with Crippen molar-refractivity contribution in [2.45, 2.75) is 33.8 Å². The van der Waals surface area contributed by atoms with Crippen LogP contribution in [0.3, 0.4) is 0 Å². The third-order valence-corrected chi connectivity index (χ3v) is 4.55. The van der Waals surface area contributed by atoms with E-state index in [1.807, 2.05) is 12.1 Å². The van der Waals surface area contributed by atoms with Crippen molar-refractivity contribution in [2.75, 3.05) is 36.5 Å². The molecule has 0 atom stereocenters. The lowest BCUT2D eigenvalue weighted by Crippen LogP contribution is -2.36. The second-order valence-corrected chi connectivity index (χ2v) is 7.04. The Morgan fingerprint density at radius 3 is 2.57 bits per heavy atom. The minimum atomic E-state index is -0.433. The number of anilines is 2. The quantitative estimate of drug-likeness (QED) is 0.767. The van der Waals surface area contributed by atoms with Gasteiger partial charge in [-0.25, -0.2) is 9.78 Å². The maximum absolute atomic E-state index is 12.7. The summed E-state index contributed by atoms with van der Waals surface area (Å²) in [5.41, 5.74) is 2.50. The molecule has 150 valence electrons. The van der Waals surface area contributed by atoms with Crippen LogP contribution in [0.25, 0.3) is 0 Å². The Morgan fingerprint density at radius 1 is 1.25 bits per heavy atom. The summed E-state index contributed by atoms with van der Waals surface area (Å²) < 4.78 is 10.6. The maximum atomic E-state index is 12.7. The van der Waals surface area contributed by atoms with Crippen molar-refractivity contribution in [3.8, 4) is 0 Å². The SMILES string of the molecule is Cc1[nH]c(C(=O)Nc2ccc(N3CCOCC3)nc2)c(C)c1C(=O)OC(C)C. The van der Waals surface area contributed by atoms with Crippen molar-refractivity contribution in [3.63, 3.8) is 0 Å². The summed E-state index contributed by atoms with van der Waals surface area (Å²) in [5, 5.41) is 2.82. The highest BCUT2D eigenvalue weighted by atomic mass is 16.5. The highest BCUT2D eigenvalue weighted by Crippen LogP contribution is 2.21. The zero-order chi connectivity index (χ0) is 20.3. The van der Waals surface area contributed by atoms with Gasteiger partial charge in [0.05, 0.1) is 36.8 Å². The summed E-state index contributed by atoms with van der Waals surface area (Å²) in [4.78, 5) is 34.5. The number of carbonyl (C=O) groups excluding carboxylic acids is 2. The number of esters is 1. The van der Waals surface area contributed by atoms with Crippen LogP contribution >= 0.6 is 0 Å². The molecule has 0 aromatic carbocycles. The molecule has 1 amide bonds. The van der Waals surface area contributed by atoms with E-state index in [1.54, 1.807) is 33.9 Å². The Morgan fingerprint density at radius 2 is 1.96 bits per heavy atom. The second kappa shape index (κ2) is 8.43. The van der Waals surface area contributed by atoms with Gasteiger partial charge in [0, 0.05) is 18.8 Å². The van der Waals surface area contributed by atoms with Gasteiger partial charge in [0.15, 0.2) is 0 Å². The number of aromatic nitrogens is 2. The molecule has 2 aromatic heterocycles. The molecule has 8 heteroatoms. The van der Waals surface area contributed by atoms with Crippen molar-refractivity contribution >= 4 is 23.4 Å². The Bertz CT molecular complexity index is 852. The molecule has 1 saturated heterocycles. The number of amides is 1. The van der Waals surface area contributed by atoms with Gasteiger partial charge in [0.2, 0.25) is 0 Å². The van der Waals surface area contributed by atoms with Crippen LogP contribution < -0.4 is 10.2 Å². The molecule has 3 rings (SSSR count). The van der Waals surface area contributed by atoms with Crippen LogP contribution in [-0.4, -0.2) is 54.3 Å². The lowest BCUT2D eigenvalue weighted by molar-refractivity contribution is 0.0376. The zero-order valence-electron chi connectivity index (χ0n) is 16.7. The number of nitrogens with zero attached hydrogens (tertiary/aromatic N) is 2. The molecule has 0 spiro atoms. The maximum Gasteiger partial charge on any atom is 0.340 e. The fourth-order valence-corrected chi connectivity index (χ4v) is 3.19. The van der Waals surface area contributed by atoms with Gasteiger partial charge in [0.1, 0.15) is 11.5 Å². The molecule has 3 heterocycles. The van der Waals surface area contributed by atoms with Crippen LogP contribution in [0.5, 0.6) is 0 Å². The standard InChI is InChI=1S/C20H26N4O4/c1-12(2)28-20(26)17-13(3)18(22-14(17)4)19(25)23-15-5-6-16(21-11-15)24-7-9-27-10-8-24/h5-6,11-12,22H,7-10H2,1-4H3,(H,23,25). The molecule has 2 aromatic rings. The fourth-order valence-electron chi connectivity index (χ4n) is 3.19. The van der Waals surface area contributed by atoms with E-state index >= 15 is 0 Å². The van der Waals surface area contributed by atoms with E-state index in [9.17, 15) is 9.59 Å². The van der Waals surface area contributed by atoms with Crippen molar-refractivity contribution in [1.29, 1.82) is 0 Å². The first-order chi connectivity index (χ1) is 13.4. The number of hydrogen-bond acceptors (Lipinski definition) is 6. The number of ether oxygens (including phenoxy) is 2. The monoisotopic (exact) mass is 386 g/mol. The minimum Gasteiger partial charge on any atom is -0.459 e. The molecular weight excluding hydrogens is 360 g/mol. The molecule has 0 bridgehead atoms. The number of nitrogens with one attached hydrogen (secondary N) is 2. The van der Waals surface area contributed by atoms with E-state index in [0.29, 0.717) is 41.4 Å². The van der Waals surface area contributed by atoms with Crippen LogP contribution in [0.15, 0.2) is 18.3 Å². The number of aryl methyl sites for hydroxylation is 1. The summed E-state index contributed by atoms with van der Waals surface area (Å²) in [6.45, 7) is 10.0. The number of rotatable bonds is 5. The smallest absolute Gasteiger partial charge is 0.340 e. The summed E-state index contributed by atoms with van der Waals surface area (Å²) in [6, 6.07) is 3.69. The van der Waals surface area contributed by atoms with Crippen LogP contribution in [-0.2, 0) is 9.47 Å². The number of morpholine rings is 1. The van der Waals surface area contributed by atoms with Crippen LogP contribution in [0.1, 0.15) is 46.0 Å². The van der Waals surface area contributed by atoms with E-state index in [-0.39, 0.29) is 12.0 Å². The van der Waals surface area contributed by atoms with Crippen molar-refractivity contribution in [2.24, 2.45) is 0 Å². The molecule has 0 aliphatic carbocycles. The first kappa shape index (κ1) is 19.9. The van der Waals surface area contributed by atoms with Crippen molar-refractivity contribution < 1.29 is 19.1 Å². The fraction of sp³-hybridized carbons (Fsp3) is 0.450. The molecule has 1 aliphatic rings. The Kier molecular flexibility index (Phi) is 5.99. The molecule has 2 N–H and O–H groups in total. The number of hydrogen-bond donors (Lipinski definition) is 2. The van der Waals surface area contributed by atoms with E-state index in [1.165, 1.54) is 0 Å². The Labute approximate surface area is 164 Å². The molecule has 0 saturated carbocycles. The highest BCUT2D eigenvalue weighted by Gasteiger charge is 2.23. The van der Waals surface area contributed by atoms with E-state index in [4.69, 9.17) is 9.47 Å². The first-order valence-corrected chi connectivity index (χ1v) is 9.37. The largest absolute Gasteiger partial charge is 0.459 e. The van der Waals surface area contributed by atoms with E-state index in [0.717, 1.165) is 18.9 Å². The molecule has 0 radical (unpaired) electrons. The van der Waals surface area contributed by atoms with Gasteiger partial charge in [-0.15, -0.1) is 0 Å². The summed E-state index contributed by atoms with van der Waals surface area (Å²) in [7, 11) is 0. The van der Waals surface area contributed by atoms with E-state index in [2.05, 4.69) is 20.2 Å². The average Bonchev–Trinajstić information content (AvgIpc) is 2.97. The molecule has 28 heavy (non-hydrogen) atoms. The Balaban J connectivity index is 1.72. The van der Waals surface area contributed by atoms with Gasteiger partial charge >= 0.3 is 5.97 Å². The third-order valence-electron chi connectivity index (χ3n) is 4.55. The topological polar surface area (TPSA) is 96.5 Å². The van der Waals surface area contributed by atoms with Crippen LogP contribution in [0, 0.1) is 13.8 Å². The zero-order valence-corrected chi connectivity index (χ0v) is 16.7. The highest BCUT2D eigenvalue weighted by molar-refractivity contribution is 6.06. The predicted octanol–water partition coefficient (Wildman–Crippen LogP) is 2.68. The lowest BCUT2D eigenvalue weighted by atomic mass is 10.1. The van der Waals surface area contributed by atoms with Crippen molar-refractivity contribution in [3.05, 3.63) is 40.8 Å². The first-order valence-electron chi connectivity index (χ1n) is 9.37.